The van der Waals surface area contributed by atoms with Gasteiger partial charge < -0.3 is 10.4 Å². The lowest BCUT2D eigenvalue weighted by Gasteiger charge is -2.14. The monoisotopic (exact) mass is 243 g/mol. The molecule has 0 spiro atoms. The highest BCUT2D eigenvalue weighted by molar-refractivity contribution is 5.98. The third-order valence-electron chi connectivity index (χ3n) is 1.64. The number of hydrogen-bond acceptors (Lipinski definition) is 6. The Hall–Kier alpha value is -2.36. The summed E-state index contributed by atoms with van der Waals surface area (Å²) in [5, 5.41) is 21.0. The van der Waals surface area contributed by atoms with E-state index in [0.29, 0.717) is 0 Å². The Bertz CT molecular complexity index is 392. The Balaban J connectivity index is 2.33. The lowest BCUT2D eigenvalue weighted by molar-refractivity contribution is -0.138. The van der Waals surface area contributed by atoms with Gasteiger partial charge in [0.1, 0.15) is 6.54 Å². The smallest absolute Gasteiger partial charge is 0.366 e. The number of aliphatic carboxylic acids is 1. The summed E-state index contributed by atoms with van der Waals surface area (Å²) >= 11 is 0. The zero-order chi connectivity index (χ0) is 12.8. The first kappa shape index (κ1) is 12.7. The first-order valence-corrected chi connectivity index (χ1v) is 4.46. The second kappa shape index (κ2) is 5.65. The van der Waals surface area contributed by atoms with Crippen LogP contribution in [-0.4, -0.2) is 48.2 Å². The van der Waals surface area contributed by atoms with Crippen molar-refractivity contribution in [3.05, 3.63) is 0 Å². The highest BCUT2D eigenvalue weighted by Gasteiger charge is 2.24. The number of nitrogens with zero attached hydrogens (tertiary/aromatic N) is 2. The Morgan fingerprint density at radius 2 is 2.06 bits per heavy atom. The topological polar surface area (TPSA) is 149 Å². The number of rotatable bonds is 5. The van der Waals surface area contributed by atoms with Gasteiger partial charge in [0, 0.05) is 0 Å². The van der Waals surface area contributed by atoms with Crippen molar-refractivity contribution in [2.45, 2.75) is 6.17 Å². The minimum atomic E-state index is -1.18. The fourth-order valence-corrected chi connectivity index (χ4v) is 0.921. The van der Waals surface area contributed by atoms with Crippen molar-refractivity contribution >= 4 is 23.8 Å². The quantitative estimate of drug-likeness (QED) is 0.430. The van der Waals surface area contributed by atoms with Crippen LogP contribution in [0.2, 0.25) is 0 Å². The van der Waals surface area contributed by atoms with Crippen molar-refractivity contribution in [1.82, 2.24) is 16.0 Å². The maximum Gasteiger partial charge on any atom is 0.366 e. The van der Waals surface area contributed by atoms with Gasteiger partial charge in [0.05, 0.1) is 6.54 Å². The van der Waals surface area contributed by atoms with E-state index in [4.69, 9.17) is 5.11 Å². The maximum absolute atomic E-state index is 11.1. The van der Waals surface area contributed by atoms with Gasteiger partial charge in [0.15, 0.2) is 0 Å². The molecule has 4 amide bonds. The van der Waals surface area contributed by atoms with Crippen LogP contribution in [0, 0.1) is 0 Å². The second-order valence-electron chi connectivity index (χ2n) is 2.96. The van der Waals surface area contributed by atoms with Crippen LogP contribution in [0.25, 0.3) is 0 Å². The third-order valence-corrected chi connectivity index (χ3v) is 1.64. The number of azo groups is 1. The van der Waals surface area contributed by atoms with Gasteiger partial charge in [-0.25, -0.2) is 4.79 Å². The Morgan fingerprint density at radius 3 is 2.65 bits per heavy atom. The van der Waals surface area contributed by atoms with E-state index in [1.54, 1.807) is 0 Å². The first-order valence-electron chi connectivity index (χ1n) is 4.46. The SMILES string of the molecule is O=C(O)CNC(=O)CNC1N=NC(=O)NC1=O. The molecule has 4 N–H and O–H groups in total. The predicted octanol–water partition coefficient (Wildman–Crippen LogP) is -2.20. The van der Waals surface area contributed by atoms with Crippen LogP contribution in [-0.2, 0) is 14.4 Å². The van der Waals surface area contributed by atoms with E-state index in [2.05, 4.69) is 20.9 Å². The normalized spacial score (nSPS) is 18.7. The van der Waals surface area contributed by atoms with Crippen LogP contribution in [0.4, 0.5) is 4.79 Å². The molecule has 1 aliphatic heterocycles. The summed E-state index contributed by atoms with van der Waals surface area (Å²) in [6.45, 7) is -0.837. The van der Waals surface area contributed by atoms with Crippen LogP contribution in [0.5, 0.6) is 0 Å². The summed E-state index contributed by atoms with van der Waals surface area (Å²) in [5.41, 5.74) is 0. The van der Waals surface area contributed by atoms with Crippen LogP contribution in [0.3, 0.4) is 0 Å². The van der Waals surface area contributed by atoms with E-state index < -0.39 is 36.5 Å². The zero-order valence-electron chi connectivity index (χ0n) is 8.47. The Labute approximate surface area is 94.5 Å². The minimum absolute atomic E-state index is 0.321. The third kappa shape index (κ3) is 4.34. The molecule has 1 heterocycles. The molecule has 17 heavy (non-hydrogen) atoms. The summed E-state index contributed by atoms with van der Waals surface area (Å²) in [7, 11) is 0. The van der Waals surface area contributed by atoms with Crippen molar-refractivity contribution in [3.8, 4) is 0 Å². The molecule has 0 saturated carbocycles. The molecule has 0 aromatic heterocycles. The molecule has 1 atom stereocenters. The molecular weight excluding hydrogens is 234 g/mol. The average Bonchev–Trinajstić information content (AvgIpc) is 2.25. The standard InChI is InChI=1S/C7H9N5O5/c13-3(8-2-4(14)15)1-9-5-6(16)10-7(17)12-11-5/h5,9H,1-2H2,(H,8,13)(H,14,15)(H,10,16,17). The maximum atomic E-state index is 11.1. The second-order valence-corrected chi connectivity index (χ2v) is 2.96. The molecule has 1 aliphatic rings. The van der Waals surface area contributed by atoms with E-state index >= 15 is 0 Å². The Kier molecular flexibility index (Phi) is 4.22. The van der Waals surface area contributed by atoms with Crippen LogP contribution < -0.4 is 16.0 Å². The van der Waals surface area contributed by atoms with Gasteiger partial charge in [-0.1, -0.05) is 5.11 Å². The highest BCUT2D eigenvalue weighted by atomic mass is 16.4. The number of carboxylic acids is 1. The molecule has 0 aromatic rings. The van der Waals surface area contributed by atoms with Gasteiger partial charge in [-0.05, 0) is 0 Å². The molecule has 0 aliphatic carbocycles. The molecule has 0 saturated heterocycles. The lowest BCUT2D eigenvalue weighted by atomic mass is 10.4. The van der Waals surface area contributed by atoms with Crippen LogP contribution >= 0.6 is 0 Å². The number of carbonyl (C=O) groups excluding carboxylic acids is 3. The van der Waals surface area contributed by atoms with E-state index in [0.717, 1.165) is 0 Å². The average molecular weight is 243 g/mol. The van der Waals surface area contributed by atoms with Gasteiger partial charge in [0.25, 0.3) is 5.91 Å². The zero-order valence-corrected chi connectivity index (χ0v) is 8.47. The van der Waals surface area contributed by atoms with Crippen LogP contribution in [0.15, 0.2) is 10.2 Å². The largest absolute Gasteiger partial charge is 0.480 e. The molecule has 10 nitrogen and oxygen atoms in total. The van der Waals surface area contributed by atoms with Gasteiger partial charge in [-0.2, -0.15) is 5.11 Å². The van der Waals surface area contributed by atoms with Gasteiger partial charge in [0.2, 0.25) is 12.1 Å². The molecule has 1 rings (SSSR count). The van der Waals surface area contributed by atoms with Crippen molar-refractivity contribution in [3.63, 3.8) is 0 Å². The summed E-state index contributed by atoms with van der Waals surface area (Å²) in [5.74, 6) is -2.53. The van der Waals surface area contributed by atoms with Crippen molar-refractivity contribution < 1.29 is 24.3 Å². The number of hydrogen-bond donors (Lipinski definition) is 4. The fraction of sp³-hybridized carbons (Fsp3) is 0.429. The highest BCUT2D eigenvalue weighted by Crippen LogP contribution is 1.95. The summed E-state index contributed by atoms with van der Waals surface area (Å²) in [6.07, 6.45) is -1.14. The molecule has 1 unspecified atom stereocenters. The minimum Gasteiger partial charge on any atom is -0.480 e. The molecule has 92 valence electrons. The number of imide groups is 1. The van der Waals surface area contributed by atoms with Gasteiger partial charge >= 0.3 is 12.0 Å². The fourth-order valence-electron chi connectivity index (χ4n) is 0.921. The van der Waals surface area contributed by atoms with Crippen molar-refractivity contribution in [2.75, 3.05) is 13.1 Å². The van der Waals surface area contributed by atoms with Crippen molar-refractivity contribution in [2.24, 2.45) is 10.2 Å². The van der Waals surface area contributed by atoms with E-state index in [1.165, 1.54) is 0 Å². The molecule has 0 radical (unpaired) electrons. The number of urea groups is 1. The number of carboxylic acid groups (broad SMARTS) is 1. The summed E-state index contributed by atoms with van der Waals surface area (Å²) in [6, 6.07) is -0.872. The molecule has 0 aromatic carbocycles. The summed E-state index contributed by atoms with van der Waals surface area (Å²) < 4.78 is 0. The van der Waals surface area contributed by atoms with E-state index in [-0.39, 0.29) is 6.54 Å². The summed E-state index contributed by atoms with van der Waals surface area (Å²) in [4.78, 5) is 42.9. The van der Waals surface area contributed by atoms with Gasteiger partial charge in [-0.3, -0.25) is 25.0 Å². The molecule has 0 bridgehead atoms. The lowest BCUT2D eigenvalue weighted by Crippen LogP contribution is -2.50. The predicted molar refractivity (Wildman–Crippen MR) is 50.8 cm³/mol. The van der Waals surface area contributed by atoms with E-state index in [9.17, 15) is 19.2 Å². The van der Waals surface area contributed by atoms with Crippen molar-refractivity contribution in [1.29, 1.82) is 0 Å². The first-order chi connectivity index (χ1) is 7.99. The van der Waals surface area contributed by atoms with E-state index in [1.807, 2.05) is 5.32 Å². The number of carbonyl (C=O) groups is 4. The van der Waals surface area contributed by atoms with Gasteiger partial charge in [-0.15, -0.1) is 0 Å². The van der Waals surface area contributed by atoms with Crippen LogP contribution in [0.1, 0.15) is 0 Å². The molecule has 10 heteroatoms. The molecular formula is C7H9N5O5. The molecule has 0 fully saturated rings. The number of amides is 4. The number of nitrogens with one attached hydrogen (secondary N) is 3. The Morgan fingerprint density at radius 1 is 1.35 bits per heavy atom.